The molecule has 1 amide bonds. The average Bonchev–Trinajstić information content (AvgIpc) is 2.90. The monoisotopic (exact) mass is 483 g/mol. The van der Waals surface area contributed by atoms with Gasteiger partial charge in [0, 0.05) is 28.9 Å². The van der Waals surface area contributed by atoms with Crippen LogP contribution in [0.3, 0.4) is 0 Å². The first-order chi connectivity index (χ1) is 13.8. The van der Waals surface area contributed by atoms with Crippen molar-refractivity contribution in [2.24, 2.45) is 0 Å². The number of rotatable bonds is 2. The van der Waals surface area contributed by atoms with Crippen LogP contribution in [0.15, 0.2) is 16.6 Å². The second-order valence-electron chi connectivity index (χ2n) is 8.23. The Balaban J connectivity index is 1.73. The van der Waals surface area contributed by atoms with Gasteiger partial charge in [0.1, 0.15) is 17.3 Å². The molecule has 2 atom stereocenters. The molecule has 1 fully saturated rings. The van der Waals surface area contributed by atoms with Crippen molar-refractivity contribution in [3.8, 4) is 5.75 Å². The Kier molecular flexibility index (Phi) is 5.76. The lowest BCUT2D eigenvalue weighted by Gasteiger charge is -2.37. The Bertz CT molecular complexity index is 927. The van der Waals surface area contributed by atoms with Gasteiger partial charge < -0.3 is 19.8 Å². The molecule has 29 heavy (non-hydrogen) atoms. The summed E-state index contributed by atoms with van der Waals surface area (Å²) in [4.78, 5) is 22.1. The van der Waals surface area contributed by atoms with Crippen LogP contribution < -0.4 is 10.1 Å². The second kappa shape index (κ2) is 8.02. The van der Waals surface area contributed by atoms with Crippen molar-refractivity contribution in [1.29, 1.82) is 0 Å². The summed E-state index contributed by atoms with van der Waals surface area (Å²) in [5, 5.41) is 6.20. The zero-order chi connectivity index (χ0) is 20.8. The predicted molar refractivity (Wildman–Crippen MR) is 117 cm³/mol. The molecular formula is C20H26BrN3O4S. The van der Waals surface area contributed by atoms with Gasteiger partial charge in [0.05, 0.1) is 23.7 Å². The number of hydrogen-bond donors (Lipinski definition) is 2. The second-order valence-corrected chi connectivity index (χ2v) is 10.00. The quantitative estimate of drug-likeness (QED) is 0.660. The molecule has 4 rings (SSSR count). The number of aromatic amines is 1. The lowest BCUT2D eigenvalue weighted by Crippen LogP contribution is -2.49. The highest BCUT2D eigenvalue weighted by Crippen LogP contribution is 2.43. The summed E-state index contributed by atoms with van der Waals surface area (Å²) in [5.41, 5.74) is 2.80. The fourth-order valence-corrected chi connectivity index (χ4v) is 5.56. The Morgan fingerprint density at radius 2 is 2.21 bits per heavy atom. The van der Waals surface area contributed by atoms with Crippen LogP contribution in [0.25, 0.3) is 10.9 Å². The minimum Gasteiger partial charge on any atom is -0.496 e. The van der Waals surface area contributed by atoms with E-state index < -0.39 is 11.7 Å². The maximum atomic E-state index is 12.5. The summed E-state index contributed by atoms with van der Waals surface area (Å²) in [6.07, 6.45) is 0.442. The molecule has 7 nitrogen and oxygen atoms in total. The zero-order valence-corrected chi connectivity index (χ0v) is 19.4. The number of carbonyl (C=O) groups excluding carboxylic acids is 1. The summed E-state index contributed by atoms with van der Waals surface area (Å²) < 4.78 is 11.9. The lowest BCUT2D eigenvalue weighted by molar-refractivity contribution is -0.177. The fourth-order valence-electron chi connectivity index (χ4n) is 3.98. The molecule has 0 spiro atoms. The van der Waals surface area contributed by atoms with Crippen molar-refractivity contribution < 1.29 is 19.1 Å². The summed E-state index contributed by atoms with van der Waals surface area (Å²) in [6, 6.07) is 3.71. The van der Waals surface area contributed by atoms with E-state index in [1.807, 2.05) is 38.0 Å². The number of hydrogen-bond acceptors (Lipinski definition) is 6. The third kappa shape index (κ3) is 4.10. The first-order valence-corrected chi connectivity index (χ1v) is 11.6. The molecule has 2 N–H and O–H groups in total. The fraction of sp³-hybridized carbons (Fsp3) is 0.550. The smallest absolute Gasteiger partial charge is 0.407 e. The van der Waals surface area contributed by atoms with Gasteiger partial charge in [-0.1, -0.05) is 0 Å². The third-order valence-electron chi connectivity index (χ3n) is 5.09. The zero-order valence-electron chi connectivity index (χ0n) is 17.0. The number of halogens is 1. The van der Waals surface area contributed by atoms with Crippen molar-refractivity contribution in [1.82, 2.24) is 15.4 Å². The van der Waals surface area contributed by atoms with Gasteiger partial charge in [-0.2, -0.15) is 5.06 Å². The number of nitrogens with one attached hydrogen (secondary N) is 2. The number of amides is 1. The number of ether oxygens (including phenoxy) is 2. The maximum Gasteiger partial charge on any atom is 0.407 e. The number of benzene rings is 1. The highest BCUT2D eigenvalue weighted by atomic mass is 79.9. The number of thioether (sulfide) groups is 1. The molecular weight excluding hydrogens is 458 g/mol. The van der Waals surface area contributed by atoms with Crippen LogP contribution in [-0.2, 0) is 16.0 Å². The van der Waals surface area contributed by atoms with E-state index in [2.05, 4.69) is 26.2 Å². The Labute approximate surface area is 182 Å². The van der Waals surface area contributed by atoms with Crippen molar-refractivity contribution in [2.45, 2.75) is 44.9 Å². The third-order valence-corrected chi connectivity index (χ3v) is 6.75. The van der Waals surface area contributed by atoms with Gasteiger partial charge in [0.2, 0.25) is 0 Å². The predicted octanol–water partition coefficient (Wildman–Crippen LogP) is 4.37. The minimum absolute atomic E-state index is 0.119. The topological polar surface area (TPSA) is 75.8 Å². The van der Waals surface area contributed by atoms with E-state index in [0.717, 1.165) is 45.5 Å². The van der Waals surface area contributed by atoms with Crippen molar-refractivity contribution in [3.05, 3.63) is 27.9 Å². The number of alkyl carbamates (subject to hydrolysis) is 1. The first-order valence-electron chi connectivity index (χ1n) is 9.62. The van der Waals surface area contributed by atoms with E-state index in [4.69, 9.17) is 14.3 Å². The lowest BCUT2D eigenvalue weighted by atomic mass is 9.94. The van der Waals surface area contributed by atoms with Gasteiger partial charge in [0.15, 0.2) is 0 Å². The van der Waals surface area contributed by atoms with E-state index in [0.29, 0.717) is 5.94 Å². The van der Waals surface area contributed by atoms with Crippen LogP contribution in [0.5, 0.6) is 5.75 Å². The van der Waals surface area contributed by atoms with Crippen LogP contribution in [0, 0.1) is 0 Å². The molecule has 158 valence electrons. The van der Waals surface area contributed by atoms with Gasteiger partial charge in [0.25, 0.3) is 0 Å². The molecule has 0 saturated carbocycles. The van der Waals surface area contributed by atoms with E-state index in [1.165, 1.54) is 5.56 Å². The van der Waals surface area contributed by atoms with Crippen LogP contribution in [0.4, 0.5) is 4.79 Å². The molecule has 2 aliphatic heterocycles. The van der Waals surface area contributed by atoms with E-state index in [1.54, 1.807) is 18.9 Å². The highest BCUT2D eigenvalue weighted by Gasteiger charge is 2.40. The standard InChI is InChI=1S/C20H26BrN3O4S/c1-20(2,3)28-19(25)23-13-9-29-10-27-24-8-7-11-15-12(22-17(11)18(13)24)5-6-14(26-4)16(15)21/h5-6,13,18,22H,7-10H2,1-4H3,(H,23,25)/t13-,18+/m1/s1. The summed E-state index contributed by atoms with van der Waals surface area (Å²) in [7, 11) is 1.67. The van der Waals surface area contributed by atoms with E-state index in [9.17, 15) is 4.79 Å². The Hall–Kier alpha value is -1.42. The molecule has 1 aromatic carbocycles. The normalized spacial score (nSPS) is 22.5. The SMILES string of the molecule is COc1ccc2[nH]c3c(c2c1Br)CCN1OCSC[C@@H](NC(=O)OC(C)(C)C)[C@@H]31. The molecule has 2 aromatic rings. The maximum absolute atomic E-state index is 12.5. The average molecular weight is 484 g/mol. The van der Waals surface area contributed by atoms with E-state index in [-0.39, 0.29) is 12.1 Å². The molecule has 3 heterocycles. The van der Waals surface area contributed by atoms with Crippen molar-refractivity contribution in [2.75, 3.05) is 25.3 Å². The van der Waals surface area contributed by atoms with Crippen LogP contribution in [-0.4, -0.2) is 53.1 Å². The van der Waals surface area contributed by atoms with Crippen molar-refractivity contribution >= 4 is 44.7 Å². The number of hydroxylamine groups is 2. The molecule has 1 aromatic heterocycles. The molecule has 9 heteroatoms. The van der Waals surface area contributed by atoms with E-state index >= 15 is 0 Å². The number of carbonyl (C=O) groups is 1. The molecule has 0 unspecified atom stereocenters. The van der Waals surface area contributed by atoms with Gasteiger partial charge in [-0.3, -0.25) is 4.84 Å². The largest absolute Gasteiger partial charge is 0.496 e. The van der Waals surface area contributed by atoms with Crippen LogP contribution in [0.2, 0.25) is 0 Å². The van der Waals surface area contributed by atoms with Gasteiger partial charge in [-0.05, 0) is 60.8 Å². The summed E-state index contributed by atoms with van der Waals surface area (Å²) in [6.45, 7) is 6.35. The number of nitrogens with zero attached hydrogens (tertiary/aromatic N) is 1. The highest BCUT2D eigenvalue weighted by molar-refractivity contribution is 9.10. The van der Waals surface area contributed by atoms with Crippen LogP contribution >= 0.6 is 27.7 Å². The molecule has 1 saturated heterocycles. The number of H-pyrrole nitrogens is 1. The van der Waals surface area contributed by atoms with Gasteiger partial charge >= 0.3 is 6.09 Å². The molecule has 0 radical (unpaired) electrons. The molecule has 2 aliphatic rings. The van der Waals surface area contributed by atoms with Gasteiger partial charge in [-0.25, -0.2) is 4.79 Å². The van der Waals surface area contributed by atoms with Crippen molar-refractivity contribution in [3.63, 3.8) is 0 Å². The van der Waals surface area contributed by atoms with Gasteiger partial charge in [-0.15, -0.1) is 11.8 Å². The number of aromatic nitrogens is 1. The number of fused-ring (bicyclic) bond motifs is 5. The molecule has 0 aliphatic carbocycles. The molecule has 0 bridgehead atoms. The minimum atomic E-state index is -0.543. The Morgan fingerprint density at radius 1 is 1.41 bits per heavy atom. The van der Waals surface area contributed by atoms with Crippen LogP contribution in [0.1, 0.15) is 38.1 Å². The number of methoxy groups -OCH3 is 1. The summed E-state index contributed by atoms with van der Waals surface area (Å²) in [5.74, 6) is 2.10. The Morgan fingerprint density at radius 3 is 2.93 bits per heavy atom. The first kappa shape index (κ1) is 20.8. The summed E-state index contributed by atoms with van der Waals surface area (Å²) >= 11 is 5.37.